The highest BCUT2D eigenvalue weighted by molar-refractivity contribution is 9.11. The normalized spacial score (nSPS) is 13.1. The van der Waals surface area contributed by atoms with Gasteiger partial charge in [-0.05, 0) is 44.6 Å². The standard InChI is InChI=1S/C9H5BrS2/c10-9-3-6-5-1-2-11-7(5)4-8(6)12-9/h1-3H,4H2. The van der Waals surface area contributed by atoms with E-state index in [1.54, 1.807) is 0 Å². The Hall–Kier alpha value is -0.120. The zero-order chi connectivity index (χ0) is 8.13. The Kier molecular flexibility index (Phi) is 1.48. The van der Waals surface area contributed by atoms with Crippen molar-refractivity contribution < 1.29 is 0 Å². The molecular formula is C9H5BrS2. The molecule has 0 fully saturated rings. The molecule has 3 heteroatoms. The van der Waals surface area contributed by atoms with Gasteiger partial charge in [0, 0.05) is 16.2 Å². The molecule has 0 saturated heterocycles. The lowest BCUT2D eigenvalue weighted by molar-refractivity contribution is 1.38. The number of fused-ring (bicyclic) bond motifs is 3. The van der Waals surface area contributed by atoms with Crippen molar-refractivity contribution in [1.29, 1.82) is 0 Å². The van der Waals surface area contributed by atoms with Gasteiger partial charge < -0.3 is 0 Å². The van der Waals surface area contributed by atoms with E-state index in [0.717, 1.165) is 6.42 Å². The molecule has 3 rings (SSSR count). The van der Waals surface area contributed by atoms with E-state index in [1.807, 2.05) is 22.7 Å². The Morgan fingerprint density at radius 1 is 1.25 bits per heavy atom. The number of rotatable bonds is 0. The number of thiophene rings is 2. The SMILES string of the molecule is Brc1cc2c(s1)Cc1sccc1-2. The lowest BCUT2D eigenvalue weighted by Gasteiger charge is -1.86. The van der Waals surface area contributed by atoms with Crippen LogP contribution in [0.4, 0.5) is 0 Å². The second-order valence-corrected chi connectivity index (χ2v) is 6.34. The summed E-state index contributed by atoms with van der Waals surface area (Å²) in [5, 5.41) is 2.18. The minimum absolute atomic E-state index is 1.15. The number of hydrogen-bond acceptors (Lipinski definition) is 2. The summed E-state index contributed by atoms with van der Waals surface area (Å²) in [6.07, 6.45) is 1.15. The quantitative estimate of drug-likeness (QED) is 0.567. The lowest BCUT2D eigenvalue weighted by atomic mass is 10.2. The predicted molar refractivity (Wildman–Crippen MR) is 58.1 cm³/mol. The summed E-state index contributed by atoms with van der Waals surface area (Å²) in [5.74, 6) is 0. The van der Waals surface area contributed by atoms with Crippen molar-refractivity contribution in [2.45, 2.75) is 6.42 Å². The maximum atomic E-state index is 3.52. The van der Waals surface area contributed by atoms with Gasteiger partial charge in [0.25, 0.3) is 0 Å². The molecule has 2 heterocycles. The van der Waals surface area contributed by atoms with E-state index in [0.29, 0.717) is 0 Å². The van der Waals surface area contributed by atoms with Crippen molar-refractivity contribution in [1.82, 2.24) is 0 Å². The molecule has 0 aromatic carbocycles. The molecule has 0 atom stereocenters. The third kappa shape index (κ3) is 0.873. The van der Waals surface area contributed by atoms with E-state index in [9.17, 15) is 0 Å². The number of halogens is 1. The molecule has 0 spiro atoms. The highest BCUT2D eigenvalue weighted by Gasteiger charge is 2.21. The van der Waals surface area contributed by atoms with E-state index in [2.05, 4.69) is 33.4 Å². The average Bonchev–Trinajstić information content (AvgIpc) is 2.59. The summed E-state index contributed by atoms with van der Waals surface area (Å²) in [6, 6.07) is 4.46. The minimum atomic E-state index is 1.15. The molecule has 0 N–H and O–H groups in total. The molecule has 12 heavy (non-hydrogen) atoms. The van der Waals surface area contributed by atoms with E-state index in [4.69, 9.17) is 0 Å². The van der Waals surface area contributed by atoms with Gasteiger partial charge in [0.05, 0.1) is 3.79 Å². The van der Waals surface area contributed by atoms with Crippen molar-refractivity contribution >= 4 is 38.6 Å². The Balaban J connectivity index is 2.32. The van der Waals surface area contributed by atoms with Gasteiger partial charge in [-0.2, -0.15) is 0 Å². The zero-order valence-electron chi connectivity index (χ0n) is 6.13. The summed E-state index contributed by atoms with van der Waals surface area (Å²) in [4.78, 5) is 3.05. The first-order valence-corrected chi connectivity index (χ1v) is 6.18. The van der Waals surface area contributed by atoms with Gasteiger partial charge in [-0.1, -0.05) is 0 Å². The third-order valence-electron chi connectivity index (χ3n) is 2.14. The van der Waals surface area contributed by atoms with E-state index >= 15 is 0 Å². The Labute approximate surface area is 87.0 Å². The van der Waals surface area contributed by atoms with Gasteiger partial charge in [-0.3, -0.25) is 0 Å². The van der Waals surface area contributed by atoms with Gasteiger partial charge in [-0.25, -0.2) is 0 Å². The Morgan fingerprint density at radius 3 is 3.08 bits per heavy atom. The largest absolute Gasteiger partial charge is 0.148 e. The van der Waals surface area contributed by atoms with Crippen molar-refractivity contribution in [3.05, 3.63) is 31.1 Å². The number of hydrogen-bond donors (Lipinski definition) is 0. The average molecular weight is 257 g/mol. The Morgan fingerprint density at radius 2 is 2.17 bits per heavy atom. The molecule has 0 aliphatic heterocycles. The first-order chi connectivity index (χ1) is 5.84. The van der Waals surface area contributed by atoms with E-state index < -0.39 is 0 Å². The first-order valence-electron chi connectivity index (χ1n) is 3.69. The molecule has 0 unspecified atom stereocenters. The highest BCUT2D eigenvalue weighted by Crippen LogP contribution is 2.45. The van der Waals surface area contributed by atoms with Crippen LogP contribution in [0.1, 0.15) is 9.75 Å². The smallest absolute Gasteiger partial charge is 0.0707 e. The predicted octanol–water partition coefficient (Wildman–Crippen LogP) is 4.14. The maximum absolute atomic E-state index is 3.52. The summed E-state index contributed by atoms with van der Waals surface area (Å²) in [5.41, 5.74) is 2.90. The monoisotopic (exact) mass is 256 g/mol. The van der Waals surface area contributed by atoms with Gasteiger partial charge in [-0.15, -0.1) is 22.7 Å². The lowest BCUT2D eigenvalue weighted by Crippen LogP contribution is -1.68. The van der Waals surface area contributed by atoms with Crippen LogP contribution in [-0.4, -0.2) is 0 Å². The summed E-state index contributed by atoms with van der Waals surface area (Å²) < 4.78 is 1.25. The van der Waals surface area contributed by atoms with Crippen LogP contribution >= 0.6 is 38.6 Å². The molecule has 2 aromatic rings. The molecule has 60 valence electrons. The van der Waals surface area contributed by atoms with E-state index in [1.165, 1.54) is 24.7 Å². The Bertz CT molecular complexity index is 439. The maximum Gasteiger partial charge on any atom is 0.0707 e. The fraction of sp³-hybridized carbons (Fsp3) is 0.111. The van der Waals surface area contributed by atoms with Crippen LogP contribution in [0.25, 0.3) is 11.1 Å². The third-order valence-corrected chi connectivity index (χ3v) is 4.69. The molecule has 1 aliphatic rings. The van der Waals surface area contributed by atoms with Gasteiger partial charge in [0.15, 0.2) is 0 Å². The van der Waals surface area contributed by atoms with Gasteiger partial charge in [0.1, 0.15) is 0 Å². The molecule has 0 amide bonds. The fourth-order valence-electron chi connectivity index (χ4n) is 1.62. The molecule has 2 aromatic heterocycles. The van der Waals surface area contributed by atoms with Gasteiger partial charge in [0.2, 0.25) is 0 Å². The molecule has 1 aliphatic carbocycles. The fourth-order valence-corrected chi connectivity index (χ4v) is 4.33. The van der Waals surface area contributed by atoms with Crippen LogP contribution in [-0.2, 0) is 6.42 Å². The minimum Gasteiger partial charge on any atom is -0.148 e. The summed E-state index contributed by atoms with van der Waals surface area (Å²) >= 11 is 7.25. The van der Waals surface area contributed by atoms with E-state index in [-0.39, 0.29) is 0 Å². The first kappa shape index (κ1) is 7.30. The molecular weight excluding hydrogens is 252 g/mol. The van der Waals surface area contributed by atoms with Crippen LogP contribution < -0.4 is 0 Å². The molecule has 0 saturated carbocycles. The van der Waals surface area contributed by atoms with Crippen molar-refractivity contribution in [3.63, 3.8) is 0 Å². The topological polar surface area (TPSA) is 0 Å². The van der Waals surface area contributed by atoms with Crippen LogP contribution in [0.5, 0.6) is 0 Å². The second kappa shape index (κ2) is 2.44. The summed E-state index contributed by atoms with van der Waals surface area (Å²) in [7, 11) is 0. The van der Waals surface area contributed by atoms with Crippen LogP contribution in [0.3, 0.4) is 0 Å². The van der Waals surface area contributed by atoms with Crippen LogP contribution in [0.15, 0.2) is 21.3 Å². The molecule has 0 radical (unpaired) electrons. The highest BCUT2D eigenvalue weighted by atomic mass is 79.9. The zero-order valence-corrected chi connectivity index (χ0v) is 9.35. The van der Waals surface area contributed by atoms with Crippen LogP contribution in [0, 0.1) is 0 Å². The van der Waals surface area contributed by atoms with Crippen molar-refractivity contribution in [3.8, 4) is 11.1 Å². The molecule has 0 bridgehead atoms. The second-order valence-electron chi connectivity index (χ2n) is 2.82. The van der Waals surface area contributed by atoms with Crippen molar-refractivity contribution in [2.24, 2.45) is 0 Å². The van der Waals surface area contributed by atoms with Crippen molar-refractivity contribution in [2.75, 3.05) is 0 Å². The van der Waals surface area contributed by atoms with Gasteiger partial charge >= 0.3 is 0 Å². The summed E-state index contributed by atoms with van der Waals surface area (Å²) in [6.45, 7) is 0. The molecule has 0 nitrogen and oxygen atoms in total. The van der Waals surface area contributed by atoms with Crippen LogP contribution in [0.2, 0.25) is 0 Å².